The molecule has 0 spiro atoms. The number of hydrogen-bond donors (Lipinski definition) is 1. The first-order valence-corrected chi connectivity index (χ1v) is 3.70. The second-order valence-corrected chi connectivity index (χ2v) is 2.57. The summed E-state index contributed by atoms with van der Waals surface area (Å²) >= 11 is 0. The second kappa shape index (κ2) is 2.99. The molecule has 0 saturated heterocycles. The lowest BCUT2D eigenvalue weighted by Gasteiger charge is -1.96. The minimum absolute atomic E-state index is 0.178. The number of carboxylic acid groups (broad SMARTS) is 1. The number of carbonyl (C=O) groups is 1. The molecular formula is C8H4FN3O2. The summed E-state index contributed by atoms with van der Waals surface area (Å²) in [6.45, 7) is 0. The van der Waals surface area contributed by atoms with Crippen molar-refractivity contribution in [3.63, 3.8) is 0 Å². The molecule has 0 aliphatic heterocycles. The highest BCUT2D eigenvalue weighted by molar-refractivity contribution is 5.85. The second-order valence-electron chi connectivity index (χ2n) is 2.57. The molecule has 1 aromatic heterocycles. The number of nitrogens with zero attached hydrogens (tertiary/aromatic N) is 3. The van der Waals surface area contributed by atoms with Gasteiger partial charge in [0.15, 0.2) is 0 Å². The summed E-state index contributed by atoms with van der Waals surface area (Å²) in [5, 5.41) is 15.5. The first-order valence-electron chi connectivity index (χ1n) is 3.70. The molecule has 0 radical (unpaired) electrons. The molecule has 2 rings (SSSR count). The molecular weight excluding hydrogens is 189 g/mol. The van der Waals surface area contributed by atoms with Gasteiger partial charge in [0, 0.05) is 6.07 Å². The van der Waals surface area contributed by atoms with Crippen molar-refractivity contribution in [1.82, 2.24) is 15.2 Å². The summed E-state index contributed by atoms with van der Waals surface area (Å²) < 4.78 is 12.7. The number of hydrogen-bond acceptors (Lipinski definition) is 4. The Bertz CT molecular complexity index is 515. The van der Waals surface area contributed by atoms with Gasteiger partial charge in [-0.05, 0) is 12.1 Å². The van der Waals surface area contributed by atoms with Crippen LogP contribution in [0.15, 0.2) is 18.2 Å². The van der Waals surface area contributed by atoms with Gasteiger partial charge in [0.1, 0.15) is 11.3 Å². The SMILES string of the molecule is O=C(O)c1nnc2ccc(F)cc2n1. The fourth-order valence-electron chi connectivity index (χ4n) is 0.999. The Morgan fingerprint density at radius 1 is 1.29 bits per heavy atom. The Morgan fingerprint density at radius 2 is 2.07 bits per heavy atom. The van der Waals surface area contributed by atoms with Crippen molar-refractivity contribution in [2.24, 2.45) is 0 Å². The number of rotatable bonds is 1. The highest BCUT2D eigenvalue weighted by Gasteiger charge is 2.08. The zero-order valence-electron chi connectivity index (χ0n) is 6.81. The zero-order chi connectivity index (χ0) is 10.1. The van der Waals surface area contributed by atoms with Gasteiger partial charge in [-0.15, -0.1) is 10.2 Å². The predicted molar refractivity (Wildman–Crippen MR) is 44.3 cm³/mol. The molecule has 2 aromatic rings. The van der Waals surface area contributed by atoms with Crippen LogP contribution in [-0.4, -0.2) is 26.3 Å². The Hall–Kier alpha value is -2.11. The van der Waals surface area contributed by atoms with E-state index >= 15 is 0 Å². The average Bonchev–Trinajstić information content (AvgIpc) is 2.16. The molecule has 6 heteroatoms. The number of benzene rings is 1. The summed E-state index contributed by atoms with van der Waals surface area (Å²) in [6.07, 6.45) is 0. The van der Waals surface area contributed by atoms with E-state index in [1.807, 2.05) is 0 Å². The Kier molecular flexibility index (Phi) is 1.81. The molecule has 1 heterocycles. The van der Waals surface area contributed by atoms with Crippen LogP contribution in [0, 0.1) is 5.82 Å². The molecule has 0 amide bonds. The first-order chi connectivity index (χ1) is 6.66. The number of aromatic carboxylic acids is 1. The van der Waals surface area contributed by atoms with Gasteiger partial charge in [-0.25, -0.2) is 14.2 Å². The van der Waals surface area contributed by atoms with E-state index in [1.165, 1.54) is 12.1 Å². The Balaban J connectivity index is 2.69. The minimum Gasteiger partial charge on any atom is -0.475 e. The number of carboxylic acids is 1. The van der Waals surface area contributed by atoms with E-state index in [-0.39, 0.29) is 5.52 Å². The van der Waals surface area contributed by atoms with Crippen LogP contribution in [-0.2, 0) is 0 Å². The van der Waals surface area contributed by atoms with E-state index in [9.17, 15) is 9.18 Å². The van der Waals surface area contributed by atoms with Crippen LogP contribution in [0.5, 0.6) is 0 Å². The van der Waals surface area contributed by atoms with Crippen LogP contribution in [0.25, 0.3) is 11.0 Å². The molecule has 1 N–H and O–H groups in total. The highest BCUT2D eigenvalue weighted by atomic mass is 19.1. The third-order valence-corrected chi connectivity index (χ3v) is 1.61. The zero-order valence-corrected chi connectivity index (χ0v) is 6.81. The lowest BCUT2D eigenvalue weighted by atomic mass is 10.3. The molecule has 0 aliphatic rings. The fourth-order valence-corrected chi connectivity index (χ4v) is 0.999. The van der Waals surface area contributed by atoms with E-state index < -0.39 is 17.6 Å². The van der Waals surface area contributed by atoms with Gasteiger partial charge in [0.2, 0.25) is 0 Å². The molecule has 1 aromatic carbocycles. The lowest BCUT2D eigenvalue weighted by Crippen LogP contribution is -2.05. The van der Waals surface area contributed by atoms with Gasteiger partial charge < -0.3 is 5.11 Å². The van der Waals surface area contributed by atoms with Gasteiger partial charge >= 0.3 is 5.97 Å². The standard InChI is InChI=1S/C8H4FN3O2/c9-4-1-2-5-6(3-4)10-7(8(13)14)12-11-5/h1-3H,(H,13,14). The van der Waals surface area contributed by atoms with Crippen molar-refractivity contribution in [3.05, 3.63) is 29.8 Å². The van der Waals surface area contributed by atoms with Crippen molar-refractivity contribution in [1.29, 1.82) is 0 Å². The number of aromatic nitrogens is 3. The van der Waals surface area contributed by atoms with Gasteiger partial charge in [-0.3, -0.25) is 0 Å². The maximum absolute atomic E-state index is 12.7. The van der Waals surface area contributed by atoms with E-state index in [2.05, 4.69) is 15.2 Å². The summed E-state index contributed by atoms with van der Waals surface area (Å²) in [4.78, 5) is 14.1. The van der Waals surface area contributed by atoms with E-state index in [0.717, 1.165) is 6.07 Å². The van der Waals surface area contributed by atoms with Crippen LogP contribution in [0.4, 0.5) is 4.39 Å². The summed E-state index contributed by atoms with van der Waals surface area (Å²) in [6, 6.07) is 3.70. The molecule has 5 nitrogen and oxygen atoms in total. The molecule has 0 bridgehead atoms. The molecule has 0 fully saturated rings. The third kappa shape index (κ3) is 1.37. The molecule has 0 saturated carbocycles. The average molecular weight is 193 g/mol. The largest absolute Gasteiger partial charge is 0.475 e. The van der Waals surface area contributed by atoms with Gasteiger partial charge in [0.05, 0.1) is 5.52 Å². The van der Waals surface area contributed by atoms with Crippen LogP contribution in [0.2, 0.25) is 0 Å². The quantitative estimate of drug-likeness (QED) is 0.726. The number of halogens is 1. The predicted octanol–water partition coefficient (Wildman–Crippen LogP) is 0.862. The van der Waals surface area contributed by atoms with Crippen molar-refractivity contribution < 1.29 is 14.3 Å². The highest BCUT2D eigenvalue weighted by Crippen LogP contribution is 2.09. The molecule has 0 aliphatic carbocycles. The summed E-state index contributed by atoms with van der Waals surface area (Å²) in [7, 11) is 0. The normalized spacial score (nSPS) is 10.4. The van der Waals surface area contributed by atoms with Gasteiger partial charge in [-0.2, -0.15) is 0 Å². The van der Waals surface area contributed by atoms with Crippen LogP contribution < -0.4 is 0 Å². The Labute approximate surface area is 77.2 Å². The minimum atomic E-state index is -1.29. The topological polar surface area (TPSA) is 76.0 Å². The van der Waals surface area contributed by atoms with Crippen molar-refractivity contribution in [3.8, 4) is 0 Å². The lowest BCUT2D eigenvalue weighted by molar-refractivity contribution is 0.0682. The maximum atomic E-state index is 12.7. The molecule has 70 valence electrons. The van der Waals surface area contributed by atoms with Gasteiger partial charge in [0.25, 0.3) is 5.82 Å². The van der Waals surface area contributed by atoms with E-state index in [0.29, 0.717) is 5.52 Å². The van der Waals surface area contributed by atoms with Crippen LogP contribution in [0.1, 0.15) is 10.6 Å². The summed E-state index contributed by atoms with van der Waals surface area (Å²) in [5.41, 5.74) is 0.536. The maximum Gasteiger partial charge on any atom is 0.375 e. The van der Waals surface area contributed by atoms with Crippen LogP contribution >= 0.6 is 0 Å². The monoisotopic (exact) mass is 193 g/mol. The van der Waals surface area contributed by atoms with E-state index in [1.54, 1.807) is 0 Å². The van der Waals surface area contributed by atoms with Crippen molar-refractivity contribution >= 4 is 17.0 Å². The van der Waals surface area contributed by atoms with Crippen molar-refractivity contribution in [2.75, 3.05) is 0 Å². The first kappa shape index (κ1) is 8.49. The van der Waals surface area contributed by atoms with E-state index in [4.69, 9.17) is 5.11 Å². The molecule has 14 heavy (non-hydrogen) atoms. The fraction of sp³-hybridized carbons (Fsp3) is 0. The third-order valence-electron chi connectivity index (χ3n) is 1.61. The molecule has 0 unspecified atom stereocenters. The van der Waals surface area contributed by atoms with Gasteiger partial charge in [-0.1, -0.05) is 0 Å². The molecule has 0 atom stereocenters. The van der Waals surface area contributed by atoms with Crippen LogP contribution in [0.3, 0.4) is 0 Å². The number of fused-ring (bicyclic) bond motifs is 1. The smallest absolute Gasteiger partial charge is 0.375 e. The Morgan fingerprint density at radius 3 is 2.79 bits per heavy atom. The summed E-state index contributed by atoms with van der Waals surface area (Å²) in [5.74, 6) is -2.22. The van der Waals surface area contributed by atoms with Crippen molar-refractivity contribution in [2.45, 2.75) is 0 Å².